The van der Waals surface area contributed by atoms with Gasteiger partial charge in [0.2, 0.25) is 0 Å². The van der Waals surface area contributed by atoms with E-state index in [4.69, 9.17) is 4.74 Å². The molecule has 2 nitrogen and oxygen atoms in total. The van der Waals surface area contributed by atoms with Crippen LogP contribution < -0.4 is 5.32 Å². The standard InChI is InChI=1S/C15H25NO/c1-12(11-15(3,4)17-5)16-13(2)14-9-7-6-8-10-14/h6-10,12-13,16H,11H2,1-5H3. The SMILES string of the molecule is COC(C)(C)CC(C)NC(C)c1ccccc1. The molecule has 0 aromatic heterocycles. The Labute approximate surface area is 105 Å². The number of hydrogen-bond donors (Lipinski definition) is 1. The van der Waals surface area contributed by atoms with Crippen molar-refractivity contribution in [2.45, 2.75) is 51.8 Å². The van der Waals surface area contributed by atoms with E-state index in [-0.39, 0.29) is 5.60 Å². The van der Waals surface area contributed by atoms with Gasteiger partial charge in [-0.2, -0.15) is 0 Å². The zero-order valence-electron chi connectivity index (χ0n) is 11.7. The quantitative estimate of drug-likeness (QED) is 0.814. The molecule has 2 atom stereocenters. The van der Waals surface area contributed by atoms with Gasteiger partial charge in [0.15, 0.2) is 0 Å². The molecule has 1 N–H and O–H groups in total. The molecule has 0 radical (unpaired) electrons. The van der Waals surface area contributed by atoms with Crippen molar-refractivity contribution in [3.63, 3.8) is 0 Å². The molecule has 0 heterocycles. The van der Waals surface area contributed by atoms with E-state index >= 15 is 0 Å². The Hall–Kier alpha value is -0.860. The molecule has 1 rings (SSSR count). The first kappa shape index (κ1) is 14.2. The molecule has 0 saturated carbocycles. The van der Waals surface area contributed by atoms with Gasteiger partial charge >= 0.3 is 0 Å². The van der Waals surface area contributed by atoms with E-state index in [0.717, 1.165) is 6.42 Å². The van der Waals surface area contributed by atoms with E-state index in [1.165, 1.54) is 5.56 Å². The summed E-state index contributed by atoms with van der Waals surface area (Å²) in [6, 6.07) is 11.3. The third-order valence-electron chi connectivity index (χ3n) is 3.18. The van der Waals surface area contributed by atoms with Gasteiger partial charge < -0.3 is 10.1 Å². The summed E-state index contributed by atoms with van der Waals surface area (Å²) < 4.78 is 5.46. The van der Waals surface area contributed by atoms with Crippen LogP contribution in [0, 0.1) is 0 Å². The van der Waals surface area contributed by atoms with E-state index in [2.05, 4.69) is 57.3 Å². The van der Waals surface area contributed by atoms with Crippen LogP contribution in [-0.2, 0) is 4.74 Å². The van der Waals surface area contributed by atoms with E-state index in [1.54, 1.807) is 7.11 Å². The van der Waals surface area contributed by atoms with Gasteiger partial charge in [0, 0.05) is 19.2 Å². The van der Waals surface area contributed by atoms with Crippen molar-refractivity contribution in [2.75, 3.05) is 7.11 Å². The van der Waals surface area contributed by atoms with Crippen molar-refractivity contribution < 1.29 is 4.74 Å². The monoisotopic (exact) mass is 235 g/mol. The maximum Gasteiger partial charge on any atom is 0.0637 e. The van der Waals surface area contributed by atoms with Crippen LogP contribution in [0.4, 0.5) is 0 Å². The maximum absolute atomic E-state index is 5.46. The molecule has 0 saturated heterocycles. The van der Waals surface area contributed by atoms with Crippen molar-refractivity contribution in [1.82, 2.24) is 5.32 Å². The summed E-state index contributed by atoms with van der Waals surface area (Å²) in [4.78, 5) is 0. The molecule has 2 unspecified atom stereocenters. The first-order valence-electron chi connectivity index (χ1n) is 6.31. The fourth-order valence-corrected chi connectivity index (χ4v) is 2.14. The van der Waals surface area contributed by atoms with Crippen molar-refractivity contribution >= 4 is 0 Å². The van der Waals surface area contributed by atoms with Gasteiger partial charge in [-0.25, -0.2) is 0 Å². The highest BCUT2D eigenvalue weighted by Gasteiger charge is 2.21. The molecule has 0 fully saturated rings. The van der Waals surface area contributed by atoms with Crippen molar-refractivity contribution in [3.05, 3.63) is 35.9 Å². The minimum atomic E-state index is -0.0666. The number of hydrogen-bond acceptors (Lipinski definition) is 2. The fourth-order valence-electron chi connectivity index (χ4n) is 2.14. The van der Waals surface area contributed by atoms with Gasteiger partial charge in [-0.3, -0.25) is 0 Å². The Morgan fingerprint density at radius 1 is 1.18 bits per heavy atom. The predicted octanol–water partition coefficient (Wildman–Crippen LogP) is 3.54. The third-order valence-corrected chi connectivity index (χ3v) is 3.18. The van der Waals surface area contributed by atoms with Crippen LogP contribution in [0.2, 0.25) is 0 Å². The van der Waals surface area contributed by atoms with Crippen molar-refractivity contribution in [1.29, 1.82) is 0 Å². The molecule has 1 aromatic carbocycles. The molecular weight excluding hydrogens is 210 g/mol. The van der Waals surface area contributed by atoms with Crippen LogP contribution in [0.25, 0.3) is 0 Å². The summed E-state index contributed by atoms with van der Waals surface area (Å²) in [6.07, 6.45) is 1.00. The lowest BCUT2D eigenvalue weighted by Crippen LogP contribution is -2.36. The first-order valence-corrected chi connectivity index (χ1v) is 6.31. The third kappa shape index (κ3) is 4.88. The van der Waals surface area contributed by atoms with Crippen LogP contribution in [0.15, 0.2) is 30.3 Å². The lowest BCUT2D eigenvalue weighted by Gasteiger charge is -2.29. The second-order valence-corrected chi connectivity index (χ2v) is 5.37. The smallest absolute Gasteiger partial charge is 0.0637 e. The summed E-state index contributed by atoms with van der Waals surface area (Å²) in [5.74, 6) is 0. The Bertz CT molecular complexity index is 321. The minimum Gasteiger partial charge on any atom is -0.379 e. The predicted molar refractivity (Wildman–Crippen MR) is 73.2 cm³/mol. The number of ether oxygens (including phenoxy) is 1. The average molecular weight is 235 g/mol. The minimum absolute atomic E-state index is 0.0666. The fraction of sp³-hybridized carbons (Fsp3) is 0.600. The van der Waals surface area contributed by atoms with E-state index in [9.17, 15) is 0 Å². The average Bonchev–Trinajstić information content (AvgIpc) is 2.29. The number of methoxy groups -OCH3 is 1. The lowest BCUT2D eigenvalue weighted by molar-refractivity contribution is 0.00782. The molecule has 0 aliphatic carbocycles. The highest BCUT2D eigenvalue weighted by atomic mass is 16.5. The van der Waals surface area contributed by atoms with Gasteiger partial charge in [-0.1, -0.05) is 30.3 Å². The Morgan fingerprint density at radius 2 is 1.76 bits per heavy atom. The number of rotatable bonds is 6. The van der Waals surface area contributed by atoms with E-state index in [1.807, 2.05) is 6.07 Å². The van der Waals surface area contributed by atoms with Crippen molar-refractivity contribution in [3.8, 4) is 0 Å². The summed E-state index contributed by atoms with van der Waals surface area (Å²) in [5, 5.41) is 3.61. The van der Waals surface area contributed by atoms with Crippen LogP contribution in [-0.4, -0.2) is 18.8 Å². The summed E-state index contributed by atoms with van der Waals surface area (Å²) in [6.45, 7) is 8.66. The Balaban J connectivity index is 2.49. The topological polar surface area (TPSA) is 21.3 Å². The molecule has 17 heavy (non-hydrogen) atoms. The van der Waals surface area contributed by atoms with Gasteiger partial charge in [-0.05, 0) is 39.7 Å². The molecule has 0 spiro atoms. The molecule has 1 aromatic rings. The molecule has 0 aliphatic heterocycles. The molecule has 96 valence electrons. The van der Waals surface area contributed by atoms with Crippen LogP contribution in [0.1, 0.15) is 45.7 Å². The second kappa shape index (κ2) is 6.18. The number of benzene rings is 1. The Kier molecular flexibility index (Phi) is 5.16. The highest BCUT2D eigenvalue weighted by molar-refractivity contribution is 5.18. The summed E-state index contributed by atoms with van der Waals surface area (Å²) in [5.41, 5.74) is 1.26. The number of nitrogens with one attached hydrogen (secondary N) is 1. The van der Waals surface area contributed by atoms with Gasteiger partial charge in [0.25, 0.3) is 0 Å². The Morgan fingerprint density at radius 3 is 2.29 bits per heavy atom. The zero-order chi connectivity index (χ0) is 12.9. The lowest BCUT2D eigenvalue weighted by atomic mass is 9.98. The largest absolute Gasteiger partial charge is 0.379 e. The molecular formula is C15H25NO. The van der Waals surface area contributed by atoms with Crippen LogP contribution in [0.5, 0.6) is 0 Å². The molecule has 0 amide bonds. The summed E-state index contributed by atoms with van der Waals surface area (Å²) >= 11 is 0. The van der Waals surface area contributed by atoms with Gasteiger partial charge in [-0.15, -0.1) is 0 Å². The molecule has 0 bridgehead atoms. The van der Waals surface area contributed by atoms with Gasteiger partial charge in [0.1, 0.15) is 0 Å². The van der Waals surface area contributed by atoms with Crippen LogP contribution in [0.3, 0.4) is 0 Å². The zero-order valence-corrected chi connectivity index (χ0v) is 11.7. The van der Waals surface area contributed by atoms with Crippen LogP contribution >= 0.6 is 0 Å². The van der Waals surface area contributed by atoms with Crippen molar-refractivity contribution in [2.24, 2.45) is 0 Å². The second-order valence-electron chi connectivity index (χ2n) is 5.37. The molecule has 0 aliphatic rings. The molecule has 2 heteroatoms. The van der Waals surface area contributed by atoms with E-state index < -0.39 is 0 Å². The first-order chi connectivity index (χ1) is 7.94. The normalized spacial score (nSPS) is 15.6. The highest BCUT2D eigenvalue weighted by Crippen LogP contribution is 2.18. The summed E-state index contributed by atoms with van der Waals surface area (Å²) in [7, 11) is 1.77. The van der Waals surface area contributed by atoms with E-state index in [0.29, 0.717) is 12.1 Å². The maximum atomic E-state index is 5.46. The van der Waals surface area contributed by atoms with Gasteiger partial charge in [0.05, 0.1) is 5.60 Å².